The van der Waals surface area contributed by atoms with Crippen LogP contribution in [0.1, 0.15) is 12.8 Å². The van der Waals surface area contributed by atoms with Crippen LogP contribution in [0, 0.1) is 0 Å². The van der Waals surface area contributed by atoms with Crippen LogP contribution in [0.5, 0.6) is 0 Å². The van der Waals surface area contributed by atoms with Crippen molar-refractivity contribution < 1.29 is 19.5 Å². The Morgan fingerprint density at radius 3 is 2.57 bits per heavy atom. The van der Waals surface area contributed by atoms with Crippen LogP contribution in [0.4, 0.5) is 10.5 Å². The zero-order chi connectivity index (χ0) is 16.0. The van der Waals surface area contributed by atoms with E-state index in [0.717, 1.165) is 4.47 Å². The maximum atomic E-state index is 11.7. The highest BCUT2D eigenvalue weighted by Gasteiger charge is 2.20. The lowest BCUT2D eigenvalue weighted by molar-refractivity contribution is -0.139. The maximum absolute atomic E-state index is 11.7. The number of halogens is 2. The van der Waals surface area contributed by atoms with E-state index in [1.165, 1.54) is 0 Å². The van der Waals surface area contributed by atoms with Crippen molar-refractivity contribution in [3.05, 3.63) is 27.7 Å². The Bertz CT molecular complexity index is 567. The van der Waals surface area contributed by atoms with Gasteiger partial charge in [0.2, 0.25) is 5.91 Å². The van der Waals surface area contributed by atoms with Crippen molar-refractivity contribution in [1.82, 2.24) is 5.32 Å². The number of carboxylic acid groups (broad SMARTS) is 1. The van der Waals surface area contributed by atoms with Gasteiger partial charge in [0.25, 0.3) is 0 Å². The van der Waals surface area contributed by atoms with Gasteiger partial charge in [0.15, 0.2) is 0 Å². The molecule has 114 valence electrons. The summed E-state index contributed by atoms with van der Waals surface area (Å²) in [5.41, 5.74) is 5.28. The number of aliphatic carboxylic acids is 1. The summed E-state index contributed by atoms with van der Waals surface area (Å²) in [6.45, 7) is 0. The predicted molar refractivity (Wildman–Crippen MR) is 81.2 cm³/mol. The van der Waals surface area contributed by atoms with Gasteiger partial charge in [-0.3, -0.25) is 4.79 Å². The molecule has 1 rings (SSSR count). The summed E-state index contributed by atoms with van der Waals surface area (Å²) < 4.78 is 0.739. The van der Waals surface area contributed by atoms with Gasteiger partial charge < -0.3 is 21.5 Å². The van der Waals surface area contributed by atoms with Crippen LogP contribution >= 0.6 is 27.5 Å². The van der Waals surface area contributed by atoms with Gasteiger partial charge in [-0.15, -0.1) is 0 Å². The van der Waals surface area contributed by atoms with Gasteiger partial charge in [0.05, 0.1) is 10.7 Å². The molecule has 0 radical (unpaired) electrons. The van der Waals surface area contributed by atoms with E-state index in [1.54, 1.807) is 18.2 Å². The molecule has 0 aliphatic rings. The first kappa shape index (κ1) is 17.3. The predicted octanol–water partition coefficient (Wildman–Crippen LogP) is 1.94. The van der Waals surface area contributed by atoms with E-state index in [-0.39, 0.29) is 12.8 Å². The Labute approximate surface area is 134 Å². The minimum atomic E-state index is -1.26. The third kappa shape index (κ3) is 6.01. The Morgan fingerprint density at radius 1 is 1.38 bits per heavy atom. The molecule has 0 saturated heterocycles. The molecule has 3 amide bonds. The number of urea groups is 1. The van der Waals surface area contributed by atoms with Crippen molar-refractivity contribution in [2.75, 3.05) is 5.32 Å². The van der Waals surface area contributed by atoms with E-state index in [1.807, 2.05) is 0 Å². The first-order valence-corrected chi connectivity index (χ1v) is 7.00. The minimum absolute atomic E-state index is 0.0911. The number of carboxylic acids is 1. The van der Waals surface area contributed by atoms with Crippen LogP contribution in [-0.4, -0.2) is 29.1 Å². The first-order chi connectivity index (χ1) is 9.79. The van der Waals surface area contributed by atoms with E-state index >= 15 is 0 Å². The second-order valence-corrected chi connectivity index (χ2v) is 5.44. The summed E-state index contributed by atoms with van der Waals surface area (Å²) in [5, 5.41) is 13.9. The largest absolute Gasteiger partial charge is 0.480 e. The number of amides is 3. The average Bonchev–Trinajstić information content (AvgIpc) is 2.37. The summed E-state index contributed by atoms with van der Waals surface area (Å²) in [4.78, 5) is 33.4. The van der Waals surface area contributed by atoms with E-state index in [4.69, 9.17) is 22.4 Å². The first-order valence-electron chi connectivity index (χ1n) is 5.83. The Kier molecular flexibility index (Phi) is 6.44. The lowest BCUT2D eigenvalue weighted by Gasteiger charge is -2.15. The number of anilines is 1. The molecule has 21 heavy (non-hydrogen) atoms. The second-order valence-electron chi connectivity index (χ2n) is 4.12. The van der Waals surface area contributed by atoms with E-state index in [9.17, 15) is 14.4 Å². The molecule has 0 heterocycles. The number of carbonyl (C=O) groups excluding carboxylic acids is 2. The van der Waals surface area contributed by atoms with Crippen LogP contribution < -0.4 is 16.4 Å². The number of carbonyl (C=O) groups is 3. The van der Waals surface area contributed by atoms with Crippen molar-refractivity contribution in [3.63, 3.8) is 0 Å². The minimum Gasteiger partial charge on any atom is -0.480 e. The number of nitrogens with one attached hydrogen (secondary N) is 2. The molecule has 1 aromatic carbocycles. The van der Waals surface area contributed by atoms with Gasteiger partial charge in [-0.2, -0.15) is 0 Å². The molecule has 7 nitrogen and oxygen atoms in total. The fourth-order valence-corrected chi connectivity index (χ4v) is 2.17. The molecule has 0 spiro atoms. The van der Waals surface area contributed by atoms with Gasteiger partial charge in [-0.05, 0) is 24.6 Å². The van der Waals surface area contributed by atoms with Crippen molar-refractivity contribution in [1.29, 1.82) is 0 Å². The Hall–Kier alpha value is -1.80. The number of hydrogen-bond acceptors (Lipinski definition) is 3. The van der Waals surface area contributed by atoms with Gasteiger partial charge >= 0.3 is 12.0 Å². The third-order valence-corrected chi connectivity index (χ3v) is 3.27. The SMILES string of the molecule is NC(=O)CC[C@@H](NC(=O)Nc1ccc(Br)cc1Cl)C(=O)O. The Balaban J connectivity index is 2.65. The lowest BCUT2D eigenvalue weighted by atomic mass is 10.1. The summed E-state index contributed by atoms with van der Waals surface area (Å²) in [6, 6.07) is 2.86. The molecule has 0 aliphatic carbocycles. The van der Waals surface area contributed by atoms with Crippen molar-refractivity contribution in [2.45, 2.75) is 18.9 Å². The fourth-order valence-electron chi connectivity index (χ4n) is 1.45. The third-order valence-electron chi connectivity index (χ3n) is 2.46. The molecule has 1 atom stereocenters. The zero-order valence-corrected chi connectivity index (χ0v) is 13.1. The number of nitrogens with two attached hydrogens (primary N) is 1. The molecule has 9 heteroatoms. The van der Waals surface area contributed by atoms with Crippen LogP contribution in [0.3, 0.4) is 0 Å². The second kappa shape index (κ2) is 7.84. The normalized spacial score (nSPS) is 11.5. The van der Waals surface area contributed by atoms with Crippen LogP contribution in [-0.2, 0) is 9.59 Å². The summed E-state index contributed by atoms with van der Waals surface area (Å²) in [5.74, 6) is -1.90. The standard InChI is InChI=1S/C12H13BrClN3O4/c13-6-1-2-8(7(14)5-6)16-12(21)17-9(11(19)20)3-4-10(15)18/h1-2,5,9H,3-4H2,(H2,15,18)(H,19,20)(H2,16,17,21)/t9-/m1/s1. The molecule has 5 N–H and O–H groups in total. The topological polar surface area (TPSA) is 122 Å². The van der Waals surface area contributed by atoms with Crippen molar-refractivity contribution >= 4 is 51.1 Å². The van der Waals surface area contributed by atoms with E-state index in [0.29, 0.717) is 10.7 Å². The van der Waals surface area contributed by atoms with Crippen molar-refractivity contribution in [3.8, 4) is 0 Å². The Morgan fingerprint density at radius 2 is 2.05 bits per heavy atom. The summed E-state index contributed by atoms with van der Waals surface area (Å²) >= 11 is 9.15. The van der Waals surface area contributed by atoms with Gasteiger partial charge in [-0.25, -0.2) is 9.59 Å². The van der Waals surface area contributed by atoms with Gasteiger partial charge in [-0.1, -0.05) is 27.5 Å². The van der Waals surface area contributed by atoms with E-state index < -0.39 is 23.9 Å². The van der Waals surface area contributed by atoms with Crippen LogP contribution in [0.2, 0.25) is 5.02 Å². The number of rotatable bonds is 6. The number of hydrogen-bond donors (Lipinski definition) is 4. The quantitative estimate of drug-likeness (QED) is 0.604. The smallest absolute Gasteiger partial charge is 0.326 e. The number of benzene rings is 1. The van der Waals surface area contributed by atoms with Crippen LogP contribution in [0.25, 0.3) is 0 Å². The molecule has 1 aromatic rings. The zero-order valence-electron chi connectivity index (χ0n) is 10.7. The summed E-state index contributed by atoms with van der Waals surface area (Å²) in [6.07, 6.45) is -0.234. The summed E-state index contributed by atoms with van der Waals surface area (Å²) in [7, 11) is 0. The van der Waals surface area contributed by atoms with Crippen LogP contribution in [0.15, 0.2) is 22.7 Å². The van der Waals surface area contributed by atoms with E-state index in [2.05, 4.69) is 26.6 Å². The van der Waals surface area contributed by atoms with Gasteiger partial charge in [0, 0.05) is 10.9 Å². The fraction of sp³-hybridized carbons (Fsp3) is 0.250. The molecular weight excluding hydrogens is 366 g/mol. The average molecular weight is 379 g/mol. The van der Waals surface area contributed by atoms with Crippen molar-refractivity contribution in [2.24, 2.45) is 5.73 Å². The molecule has 0 aromatic heterocycles. The van der Waals surface area contributed by atoms with Gasteiger partial charge in [0.1, 0.15) is 6.04 Å². The molecule has 0 aliphatic heterocycles. The highest BCUT2D eigenvalue weighted by atomic mass is 79.9. The molecule has 0 fully saturated rings. The molecular formula is C12H13BrClN3O4. The highest BCUT2D eigenvalue weighted by Crippen LogP contribution is 2.25. The molecule has 0 unspecified atom stereocenters. The number of primary amides is 1. The monoisotopic (exact) mass is 377 g/mol. The molecule has 0 saturated carbocycles. The maximum Gasteiger partial charge on any atom is 0.326 e. The highest BCUT2D eigenvalue weighted by molar-refractivity contribution is 9.10. The molecule has 0 bridgehead atoms. The lowest BCUT2D eigenvalue weighted by Crippen LogP contribution is -2.43.